The number of hydrogen-bond acceptors (Lipinski definition) is 7. The molecule has 2 N–H and O–H groups in total. The lowest BCUT2D eigenvalue weighted by atomic mass is 9.99. The Balaban J connectivity index is 1.87. The predicted molar refractivity (Wildman–Crippen MR) is 137 cm³/mol. The lowest BCUT2D eigenvalue weighted by Gasteiger charge is -2.18. The van der Waals surface area contributed by atoms with E-state index in [0.29, 0.717) is 29.9 Å². The Hall–Kier alpha value is -3.27. The Labute approximate surface area is 205 Å². The van der Waals surface area contributed by atoms with E-state index in [2.05, 4.69) is 24.1 Å². The number of hydrogen-bond donors (Lipinski definition) is 2. The van der Waals surface area contributed by atoms with Crippen molar-refractivity contribution in [3.63, 3.8) is 0 Å². The maximum Gasteiger partial charge on any atom is 0.332 e. The van der Waals surface area contributed by atoms with Crippen LogP contribution in [0.25, 0.3) is 11.2 Å². The van der Waals surface area contributed by atoms with Crippen molar-refractivity contribution in [2.75, 3.05) is 25.6 Å². The highest BCUT2D eigenvalue weighted by Crippen LogP contribution is 2.20. The molecule has 0 saturated carbocycles. The second kappa shape index (κ2) is 11.9. The minimum Gasteiger partial charge on any atom is -0.497 e. The van der Waals surface area contributed by atoms with Crippen molar-refractivity contribution in [3.8, 4) is 11.5 Å². The van der Waals surface area contributed by atoms with Crippen LogP contribution in [0.15, 0.2) is 33.9 Å². The third kappa shape index (κ3) is 6.05. The zero-order valence-corrected chi connectivity index (χ0v) is 21.3. The molecule has 0 saturated heterocycles. The van der Waals surface area contributed by atoms with Crippen molar-refractivity contribution in [1.29, 1.82) is 0 Å². The van der Waals surface area contributed by atoms with E-state index in [9.17, 15) is 14.7 Å². The van der Waals surface area contributed by atoms with Gasteiger partial charge in [-0.1, -0.05) is 33.1 Å². The number of aliphatic hydroxyl groups is 1. The smallest absolute Gasteiger partial charge is 0.332 e. The van der Waals surface area contributed by atoms with Gasteiger partial charge in [0.2, 0.25) is 5.95 Å². The molecule has 0 aliphatic carbocycles. The third-order valence-corrected chi connectivity index (χ3v) is 6.34. The Morgan fingerprint density at radius 2 is 1.77 bits per heavy atom. The summed E-state index contributed by atoms with van der Waals surface area (Å²) in [6.07, 6.45) is 3.48. The number of aryl methyl sites for hydroxylation is 1. The second-order valence-corrected chi connectivity index (χ2v) is 8.86. The predicted octanol–water partition coefficient (Wildman–Crippen LogP) is 2.51. The van der Waals surface area contributed by atoms with E-state index >= 15 is 0 Å². The van der Waals surface area contributed by atoms with Crippen LogP contribution in [0.3, 0.4) is 0 Å². The number of aromatic nitrogens is 4. The summed E-state index contributed by atoms with van der Waals surface area (Å²) in [4.78, 5) is 30.1. The van der Waals surface area contributed by atoms with Crippen LogP contribution in [0.1, 0.15) is 39.5 Å². The standard InChI is InChI=1S/C25H37N5O5/c1-6-8-9-17(7-2)14-26-24-27-22-21(23(32)29(4)25(33)28(22)3)30(24)15-18(31)16-35-20-12-10-19(34-5)11-13-20/h10-13,17-18,31H,6-9,14-16H2,1-5H3,(H,26,27)/t17-,18-/m0/s1. The molecule has 0 fully saturated rings. The molecule has 192 valence electrons. The average Bonchev–Trinajstić information content (AvgIpc) is 3.23. The second-order valence-electron chi connectivity index (χ2n) is 8.86. The highest BCUT2D eigenvalue weighted by atomic mass is 16.5. The van der Waals surface area contributed by atoms with Crippen LogP contribution in [0.5, 0.6) is 11.5 Å². The average molecular weight is 488 g/mol. The van der Waals surface area contributed by atoms with Gasteiger partial charge < -0.3 is 24.5 Å². The van der Waals surface area contributed by atoms with Gasteiger partial charge in [0.1, 0.15) is 24.2 Å². The fourth-order valence-electron chi connectivity index (χ4n) is 4.07. The molecule has 0 aliphatic heterocycles. The van der Waals surface area contributed by atoms with E-state index in [1.807, 2.05) is 0 Å². The lowest BCUT2D eigenvalue weighted by molar-refractivity contribution is 0.0938. The van der Waals surface area contributed by atoms with Gasteiger partial charge in [0.15, 0.2) is 11.2 Å². The summed E-state index contributed by atoms with van der Waals surface area (Å²) in [5, 5.41) is 14.2. The van der Waals surface area contributed by atoms with Gasteiger partial charge in [0.05, 0.1) is 13.7 Å². The molecule has 2 aromatic heterocycles. The summed E-state index contributed by atoms with van der Waals surface area (Å²) in [6.45, 7) is 5.11. The molecule has 2 atom stereocenters. The molecule has 2 heterocycles. The number of ether oxygens (including phenoxy) is 2. The van der Waals surface area contributed by atoms with Crippen LogP contribution in [-0.4, -0.2) is 50.2 Å². The molecule has 0 radical (unpaired) electrons. The van der Waals surface area contributed by atoms with Crippen LogP contribution in [0.4, 0.5) is 5.95 Å². The SMILES string of the molecule is CCCC[C@H](CC)CNc1nc2c(c(=O)n(C)c(=O)n2C)n1C[C@H](O)COc1ccc(OC)cc1. The summed E-state index contributed by atoms with van der Waals surface area (Å²) in [5.41, 5.74) is -0.353. The van der Waals surface area contributed by atoms with Crippen molar-refractivity contribution < 1.29 is 14.6 Å². The molecule has 3 rings (SSSR count). The van der Waals surface area contributed by atoms with Crippen LogP contribution >= 0.6 is 0 Å². The molecule has 10 nitrogen and oxygen atoms in total. The highest BCUT2D eigenvalue weighted by molar-refractivity contribution is 5.74. The van der Waals surface area contributed by atoms with Crippen LogP contribution in [0, 0.1) is 5.92 Å². The Kier molecular flexibility index (Phi) is 8.97. The molecule has 1 aromatic carbocycles. The molecule has 0 unspecified atom stereocenters. The summed E-state index contributed by atoms with van der Waals surface area (Å²) in [6, 6.07) is 7.08. The van der Waals surface area contributed by atoms with E-state index in [4.69, 9.17) is 9.47 Å². The summed E-state index contributed by atoms with van der Waals surface area (Å²) >= 11 is 0. The largest absolute Gasteiger partial charge is 0.497 e. The van der Waals surface area contributed by atoms with Crippen molar-refractivity contribution >= 4 is 17.1 Å². The van der Waals surface area contributed by atoms with E-state index in [0.717, 1.165) is 30.3 Å². The number of nitrogens with zero attached hydrogens (tertiary/aromatic N) is 4. The topological polar surface area (TPSA) is 113 Å². The lowest BCUT2D eigenvalue weighted by Crippen LogP contribution is -2.38. The fraction of sp³-hybridized carbons (Fsp3) is 0.560. The zero-order valence-electron chi connectivity index (χ0n) is 21.3. The fourth-order valence-corrected chi connectivity index (χ4v) is 4.07. The van der Waals surface area contributed by atoms with E-state index in [-0.39, 0.29) is 24.3 Å². The van der Waals surface area contributed by atoms with Crippen LogP contribution < -0.4 is 26.0 Å². The Bertz CT molecular complexity index is 1230. The highest BCUT2D eigenvalue weighted by Gasteiger charge is 2.22. The molecule has 3 aromatic rings. The van der Waals surface area contributed by atoms with Crippen LogP contribution in [-0.2, 0) is 20.6 Å². The van der Waals surface area contributed by atoms with E-state index < -0.39 is 17.4 Å². The van der Waals surface area contributed by atoms with Crippen molar-refractivity contribution in [2.24, 2.45) is 20.0 Å². The first kappa shape index (κ1) is 26.3. The monoisotopic (exact) mass is 487 g/mol. The first-order chi connectivity index (χ1) is 16.8. The number of nitrogens with one attached hydrogen (secondary N) is 1. The molecular weight excluding hydrogens is 450 g/mol. The maximum absolute atomic E-state index is 13.0. The Morgan fingerprint density at radius 1 is 1.09 bits per heavy atom. The number of rotatable bonds is 13. The summed E-state index contributed by atoms with van der Waals surface area (Å²) < 4.78 is 14.9. The van der Waals surface area contributed by atoms with Gasteiger partial charge in [-0.25, -0.2) is 4.79 Å². The molecule has 10 heteroatoms. The minimum atomic E-state index is -0.918. The first-order valence-electron chi connectivity index (χ1n) is 12.2. The molecular formula is C25H37N5O5. The summed E-state index contributed by atoms with van der Waals surface area (Å²) in [7, 11) is 4.62. The molecule has 0 amide bonds. The van der Waals surface area contributed by atoms with E-state index in [1.165, 1.54) is 11.6 Å². The molecule has 0 aliphatic rings. The van der Waals surface area contributed by atoms with Gasteiger partial charge in [0.25, 0.3) is 5.56 Å². The van der Waals surface area contributed by atoms with E-state index in [1.54, 1.807) is 43.0 Å². The normalized spacial score (nSPS) is 13.1. The molecule has 0 spiro atoms. The van der Waals surface area contributed by atoms with Crippen molar-refractivity contribution in [3.05, 3.63) is 45.1 Å². The number of fused-ring (bicyclic) bond motifs is 1. The van der Waals surface area contributed by atoms with Gasteiger partial charge in [-0.2, -0.15) is 4.98 Å². The number of anilines is 1. The summed E-state index contributed by atoms with van der Waals surface area (Å²) in [5.74, 6) is 2.22. The first-order valence-corrected chi connectivity index (χ1v) is 12.2. The van der Waals surface area contributed by atoms with Gasteiger partial charge in [-0.3, -0.25) is 13.9 Å². The van der Waals surface area contributed by atoms with Gasteiger partial charge >= 0.3 is 5.69 Å². The Morgan fingerprint density at radius 3 is 2.40 bits per heavy atom. The number of imidazole rings is 1. The molecule has 0 bridgehead atoms. The minimum absolute atomic E-state index is 0.0195. The van der Waals surface area contributed by atoms with Crippen molar-refractivity contribution in [1.82, 2.24) is 18.7 Å². The maximum atomic E-state index is 13.0. The molecule has 35 heavy (non-hydrogen) atoms. The van der Waals surface area contributed by atoms with Crippen LogP contribution in [0.2, 0.25) is 0 Å². The van der Waals surface area contributed by atoms with Gasteiger partial charge in [0, 0.05) is 20.6 Å². The van der Waals surface area contributed by atoms with Gasteiger partial charge in [-0.05, 0) is 36.6 Å². The number of benzene rings is 1. The number of aliphatic hydroxyl groups excluding tert-OH is 1. The zero-order chi connectivity index (χ0) is 25.5. The third-order valence-electron chi connectivity index (χ3n) is 6.34. The van der Waals surface area contributed by atoms with Crippen molar-refractivity contribution in [2.45, 2.75) is 52.2 Å². The number of methoxy groups -OCH3 is 1. The number of unbranched alkanes of at least 4 members (excludes halogenated alkanes) is 1. The van der Waals surface area contributed by atoms with Gasteiger partial charge in [-0.15, -0.1) is 0 Å². The quantitative estimate of drug-likeness (QED) is 0.381.